The predicted octanol–water partition coefficient (Wildman–Crippen LogP) is 2.11. The van der Waals surface area contributed by atoms with E-state index < -0.39 is 5.91 Å². The van der Waals surface area contributed by atoms with Gasteiger partial charge in [-0.15, -0.1) is 10.2 Å². The van der Waals surface area contributed by atoms with Gasteiger partial charge in [-0.25, -0.2) is 0 Å². The molecule has 2 heterocycles. The highest BCUT2D eigenvalue weighted by Gasteiger charge is 2.24. The number of carbonyl (C=O) groups excluding carboxylic acids is 1. The van der Waals surface area contributed by atoms with E-state index in [-0.39, 0.29) is 11.6 Å². The molecule has 0 fully saturated rings. The highest BCUT2D eigenvalue weighted by atomic mass is 16.5. The smallest absolute Gasteiger partial charge is 0.287 e. The van der Waals surface area contributed by atoms with Crippen molar-refractivity contribution in [1.82, 2.24) is 14.8 Å². The molecule has 4 N–H and O–H groups in total. The maximum Gasteiger partial charge on any atom is 0.287 e. The third kappa shape index (κ3) is 2.84. The summed E-state index contributed by atoms with van der Waals surface area (Å²) < 4.78 is 6.72. The fourth-order valence-corrected chi connectivity index (χ4v) is 3.32. The first-order valence-electron chi connectivity index (χ1n) is 8.59. The lowest BCUT2D eigenvalue weighted by Gasteiger charge is -2.20. The highest BCUT2D eigenvalue weighted by molar-refractivity contribution is 5.91. The predicted molar refractivity (Wildman–Crippen MR) is 100 cm³/mol. The first-order valence-corrected chi connectivity index (χ1v) is 8.59. The Bertz CT molecular complexity index is 1010. The van der Waals surface area contributed by atoms with Crippen LogP contribution in [0.1, 0.15) is 22.6 Å². The van der Waals surface area contributed by atoms with E-state index in [0.717, 1.165) is 30.6 Å². The number of anilines is 1. The molecule has 1 aliphatic heterocycles. The van der Waals surface area contributed by atoms with Crippen LogP contribution in [0.5, 0.6) is 11.5 Å². The van der Waals surface area contributed by atoms with E-state index in [1.54, 1.807) is 42.0 Å². The normalized spacial score (nSPS) is 12.9. The molecule has 2 aromatic carbocycles. The second kappa shape index (κ2) is 6.64. The molecule has 8 heteroatoms. The van der Waals surface area contributed by atoms with Crippen molar-refractivity contribution < 1.29 is 14.6 Å². The Morgan fingerprint density at radius 1 is 1.22 bits per heavy atom. The lowest BCUT2D eigenvalue weighted by Crippen LogP contribution is -2.18. The second-order valence-electron chi connectivity index (χ2n) is 6.26. The maximum absolute atomic E-state index is 11.9. The summed E-state index contributed by atoms with van der Waals surface area (Å²) in [4.78, 5) is 11.9. The molecule has 1 aromatic heterocycles. The molecule has 0 unspecified atom stereocenters. The number of amides is 1. The quantitative estimate of drug-likeness (QED) is 0.652. The third-order valence-corrected chi connectivity index (χ3v) is 4.66. The number of phenols is 1. The summed E-state index contributed by atoms with van der Waals surface area (Å²) in [7, 11) is 1.58. The summed E-state index contributed by atoms with van der Waals surface area (Å²) in [6, 6.07) is 10.7. The number of nitrogens with two attached hydrogens (primary N) is 1. The van der Waals surface area contributed by atoms with E-state index in [1.165, 1.54) is 0 Å². The van der Waals surface area contributed by atoms with Crippen LogP contribution in [-0.4, -0.2) is 39.4 Å². The van der Waals surface area contributed by atoms with Crippen LogP contribution in [0.2, 0.25) is 0 Å². The molecule has 27 heavy (non-hydrogen) atoms. The van der Waals surface area contributed by atoms with Gasteiger partial charge in [0.1, 0.15) is 11.5 Å². The van der Waals surface area contributed by atoms with Crippen molar-refractivity contribution >= 4 is 11.6 Å². The van der Waals surface area contributed by atoms with Crippen LogP contribution in [0.3, 0.4) is 0 Å². The van der Waals surface area contributed by atoms with Crippen LogP contribution in [0.4, 0.5) is 5.69 Å². The molecule has 0 saturated heterocycles. The van der Waals surface area contributed by atoms with Gasteiger partial charge < -0.3 is 20.9 Å². The Morgan fingerprint density at radius 3 is 2.70 bits per heavy atom. The number of primary amides is 1. The highest BCUT2D eigenvalue weighted by Crippen LogP contribution is 2.39. The first kappa shape index (κ1) is 16.9. The van der Waals surface area contributed by atoms with Crippen LogP contribution in [-0.2, 0) is 6.42 Å². The number of carbonyl (C=O) groups is 1. The SMILES string of the molecule is COc1ccc(-n2c(C(N)=O)nnc2-c2ccc3c(c2O)CCCN3)cc1. The average molecular weight is 365 g/mol. The lowest BCUT2D eigenvalue weighted by molar-refractivity contribution is 0.0988. The molecule has 3 aromatic rings. The van der Waals surface area contributed by atoms with Crippen molar-refractivity contribution in [2.75, 3.05) is 19.0 Å². The molecule has 4 rings (SSSR count). The zero-order chi connectivity index (χ0) is 19.0. The Labute approximate surface area is 155 Å². The van der Waals surface area contributed by atoms with E-state index in [1.807, 2.05) is 6.07 Å². The number of aromatic hydroxyl groups is 1. The van der Waals surface area contributed by atoms with Crippen molar-refractivity contribution in [3.63, 3.8) is 0 Å². The standard InChI is InChI=1S/C19H19N5O3/c1-27-12-6-4-11(5-7-12)24-18(22-23-19(24)17(20)26)14-8-9-15-13(16(14)25)3-2-10-21-15/h4-9,21,25H,2-3,10H2,1H3,(H2,20,26). The fourth-order valence-electron chi connectivity index (χ4n) is 3.32. The Morgan fingerprint density at radius 2 is 2.00 bits per heavy atom. The number of benzene rings is 2. The molecule has 0 aliphatic carbocycles. The van der Waals surface area contributed by atoms with Gasteiger partial charge in [0.2, 0.25) is 5.82 Å². The Balaban J connectivity index is 1.90. The van der Waals surface area contributed by atoms with Crippen molar-refractivity contribution in [3.8, 4) is 28.6 Å². The van der Waals surface area contributed by atoms with Gasteiger partial charge in [0.25, 0.3) is 5.91 Å². The topological polar surface area (TPSA) is 115 Å². The van der Waals surface area contributed by atoms with E-state index in [2.05, 4.69) is 15.5 Å². The minimum absolute atomic E-state index is 0.00888. The van der Waals surface area contributed by atoms with Crippen LogP contribution in [0, 0.1) is 0 Å². The molecule has 138 valence electrons. The summed E-state index contributed by atoms with van der Waals surface area (Å²) in [5, 5.41) is 22.2. The van der Waals surface area contributed by atoms with Crippen LogP contribution in [0.15, 0.2) is 36.4 Å². The van der Waals surface area contributed by atoms with Gasteiger partial charge >= 0.3 is 0 Å². The number of nitrogens with one attached hydrogen (secondary N) is 1. The summed E-state index contributed by atoms with van der Waals surface area (Å²) in [5.41, 5.74) is 8.37. The van der Waals surface area contributed by atoms with Crippen molar-refractivity contribution in [2.24, 2.45) is 5.73 Å². The van der Waals surface area contributed by atoms with E-state index >= 15 is 0 Å². The number of aromatic nitrogens is 3. The van der Waals surface area contributed by atoms with Crippen LogP contribution >= 0.6 is 0 Å². The van der Waals surface area contributed by atoms with Gasteiger partial charge in [0.15, 0.2) is 5.82 Å². The number of hydrogen-bond acceptors (Lipinski definition) is 6. The number of fused-ring (bicyclic) bond motifs is 1. The summed E-state index contributed by atoms with van der Waals surface area (Å²) >= 11 is 0. The van der Waals surface area contributed by atoms with Crippen molar-refractivity contribution in [3.05, 3.63) is 47.8 Å². The summed E-state index contributed by atoms with van der Waals surface area (Å²) in [6.07, 6.45) is 1.70. The summed E-state index contributed by atoms with van der Waals surface area (Å²) in [5.74, 6) is 0.448. The average Bonchev–Trinajstić information content (AvgIpc) is 3.14. The Hall–Kier alpha value is -3.55. The number of rotatable bonds is 4. The van der Waals surface area contributed by atoms with Gasteiger partial charge in [-0.2, -0.15) is 0 Å². The van der Waals surface area contributed by atoms with Crippen molar-refractivity contribution in [1.29, 1.82) is 0 Å². The molecule has 0 spiro atoms. The van der Waals surface area contributed by atoms with Crippen molar-refractivity contribution in [2.45, 2.75) is 12.8 Å². The number of nitrogens with zero attached hydrogens (tertiary/aromatic N) is 3. The Kier molecular flexibility index (Phi) is 4.15. The molecular formula is C19H19N5O3. The molecule has 1 aliphatic rings. The summed E-state index contributed by atoms with van der Waals surface area (Å²) in [6.45, 7) is 0.875. The zero-order valence-electron chi connectivity index (χ0n) is 14.8. The first-order chi connectivity index (χ1) is 13.1. The number of hydrogen-bond donors (Lipinski definition) is 3. The van der Waals surface area contributed by atoms with Crippen LogP contribution in [0.25, 0.3) is 17.1 Å². The molecule has 8 nitrogen and oxygen atoms in total. The second-order valence-corrected chi connectivity index (χ2v) is 6.26. The molecule has 0 radical (unpaired) electrons. The molecule has 0 saturated carbocycles. The maximum atomic E-state index is 11.9. The largest absolute Gasteiger partial charge is 0.507 e. The lowest BCUT2D eigenvalue weighted by atomic mass is 9.98. The van der Waals surface area contributed by atoms with Gasteiger partial charge in [-0.05, 0) is 49.2 Å². The molecule has 0 atom stereocenters. The van der Waals surface area contributed by atoms with Gasteiger partial charge in [-0.1, -0.05) is 0 Å². The van der Waals surface area contributed by atoms with Gasteiger partial charge in [0.05, 0.1) is 12.7 Å². The number of phenolic OH excluding ortho intramolecular Hbond substituents is 1. The molecular weight excluding hydrogens is 346 g/mol. The minimum atomic E-state index is -0.705. The zero-order valence-corrected chi connectivity index (χ0v) is 14.8. The van der Waals surface area contributed by atoms with Gasteiger partial charge in [0, 0.05) is 23.5 Å². The number of ether oxygens (including phenoxy) is 1. The monoisotopic (exact) mass is 365 g/mol. The van der Waals surface area contributed by atoms with Gasteiger partial charge in [-0.3, -0.25) is 9.36 Å². The van der Waals surface area contributed by atoms with E-state index in [4.69, 9.17) is 10.5 Å². The van der Waals surface area contributed by atoms with Crippen LogP contribution < -0.4 is 15.8 Å². The third-order valence-electron chi connectivity index (χ3n) is 4.66. The minimum Gasteiger partial charge on any atom is -0.507 e. The number of methoxy groups -OCH3 is 1. The van der Waals surface area contributed by atoms with E-state index in [9.17, 15) is 9.90 Å². The fraction of sp³-hybridized carbons (Fsp3) is 0.211. The molecule has 0 bridgehead atoms. The van der Waals surface area contributed by atoms with E-state index in [0.29, 0.717) is 22.8 Å². The molecule has 1 amide bonds.